The number of sulfonamides is 1. The average molecular weight is 421 g/mol. The summed E-state index contributed by atoms with van der Waals surface area (Å²) in [5.41, 5.74) is 0. The first-order chi connectivity index (χ1) is 8.36. The molecule has 18 heavy (non-hydrogen) atoms. The molecule has 0 aliphatic heterocycles. The van der Waals surface area contributed by atoms with Crippen LogP contribution in [0.15, 0.2) is 18.5 Å². The van der Waals surface area contributed by atoms with Crippen LogP contribution < -0.4 is 4.72 Å². The number of hydrogen-bond donors (Lipinski definition) is 1. The van der Waals surface area contributed by atoms with Crippen molar-refractivity contribution >= 4 is 59.2 Å². The zero-order valence-corrected chi connectivity index (χ0v) is 14.2. The molecule has 0 aliphatic carbocycles. The van der Waals surface area contributed by atoms with E-state index in [0.717, 1.165) is 0 Å². The maximum Gasteiger partial charge on any atom is 0.307 e. The van der Waals surface area contributed by atoms with Gasteiger partial charge in [-0.3, -0.25) is 4.79 Å². The summed E-state index contributed by atoms with van der Waals surface area (Å²) >= 11 is 7.65. The van der Waals surface area contributed by atoms with Gasteiger partial charge in [0.25, 0.3) is 0 Å². The number of ether oxygens (including phenoxy) is 1. The number of thiophene rings is 1. The summed E-state index contributed by atoms with van der Waals surface area (Å²) < 4.78 is 32.1. The number of rotatable bonds is 6. The Morgan fingerprint density at radius 2 is 2.17 bits per heavy atom. The summed E-state index contributed by atoms with van der Waals surface area (Å²) in [6.45, 7) is 2.00. The minimum absolute atomic E-state index is 0.00992. The lowest BCUT2D eigenvalue weighted by Gasteiger charge is -2.05. The number of carbonyl (C=O) groups excluding carboxylic acids is 1. The van der Waals surface area contributed by atoms with Crippen molar-refractivity contribution in [1.29, 1.82) is 0 Å². The van der Waals surface area contributed by atoms with Gasteiger partial charge >= 0.3 is 5.97 Å². The van der Waals surface area contributed by atoms with E-state index in [0.29, 0.717) is 7.57 Å². The average Bonchev–Trinajstić information content (AvgIpc) is 2.58. The van der Waals surface area contributed by atoms with Crippen molar-refractivity contribution in [3.8, 4) is 0 Å². The van der Waals surface area contributed by atoms with Crippen molar-refractivity contribution in [2.75, 3.05) is 13.2 Å². The number of halogens is 2. The molecule has 0 saturated heterocycles. The molecule has 0 saturated carbocycles. The predicted molar refractivity (Wildman–Crippen MR) is 76.2 cm³/mol. The molecule has 0 amide bonds. The Bertz CT molecular complexity index is 527. The minimum Gasteiger partial charge on any atom is -0.466 e. The highest BCUT2D eigenvalue weighted by Crippen LogP contribution is 2.34. The van der Waals surface area contributed by atoms with E-state index in [-0.39, 0.29) is 24.5 Å². The van der Waals surface area contributed by atoms with Gasteiger partial charge in [-0.15, -0.1) is 11.3 Å². The van der Waals surface area contributed by atoms with Crippen LogP contribution in [-0.4, -0.2) is 27.5 Å². The quantitative estimate of drug-likeness (QED) is 0.717. The van der Waals surface area contributed by atoms with Crippen molar-refractivity contribution in [3.05, 3.63) is 13.6 Å². The third-order valence-electron chi connectivity index (χ3n) is 1.84. The Labute approximate surface area is 126 Å². The molecule has 0 radical (unpaired) electrons. The van der Waals surface area contributed by atoms with Gasteiger partial charge in [-0.1, -0.05) is 0 Å². The molecule has 9 heteroatoms. The Morgan fingerprint density at radius 3 is 2.67 bits per heavy atom. The standard InChI is InChI=1S/C9H11Br2NO4S2/c1-2-16-8(13)3-4-12-18(14,15)6-5-7(10)17-9(6)11/h5,12H,2-4H2,1H3. The second-order valence-electron chi connectivity index (χ2n) is 3.14. The molecule has 1 N–H and O–H groups in total. The van der Waals surface area contributed by atoms with E-state index in [1.54, 1.807) is 6.92 Å². The summed E-state index contributed by atoms with van der Waals surface area (Å²) in [6.07, 6.45) is 0.00992. The molecule has 0 unspecified atom stereocenters. The van der Waals surface area contributed by atoms with E-state index in [1.165, 1.54) is 17.4 Å². The summed E-state index contributed by atoms with van der Waals surface area (Å²) in [4.78, 5) is 11.2. The van der Waals surface area contributed by atoms with Gasteiger partial charge in [0.05, 0.1) is 20.6 Å². The van der Waals surface area contributed by atoms with Crippen molar-refractivity contribution in [3.63, 3.8) is 0 Å². The van der Waals surface area contributed by atoms with Crippen molar-refractivity contribution < 1.29 is 17.9 Å². The van der Waals surface area contributed by atoms with E-state index in [1.807, 2.05) is 0 Å². The predicted octanol–water partition coefficient (Wildman–Crippen LogP) is 2.50. The summed E-state index contributed by atoms with van der Waals surface area (Å²) in [6, 6.07) is 1.50. The van der Waals surface area contributed by atoms with Gasteiger partial charge < -0.3 is 4.74 Å². The van der Waals surface area contributed by atoms with Crippen molar-refractivity contribution in [2.24, 2.45) is 0 Å². The van der Waals surface area contributed by atoms with Gasteiger partial charge in [0.1, 0.15) is 4.90 Å². The van der Waals surface area contributed by atoms with Crippen LogP contribution >= 0.6 is 43.2 Å². The zero-order valence-electron chi connectivity index (χ0n) is 9.40. The molecule has 1 heterocycles. The highest BCUT2D eigenvalue weighted by Gasteiger charge is 2.20. The normalized spacial score (nSPS) is 11.5. The molecule has 0 bridgehead atoms. The highest BCUT2D eigenvalue weighted by molar-refractivity contribution is 9.12. The molecule has 0 aromatic carbocycles. The smallest absolute Gasteiger partial charge is 0.307 e. The van der Waals surface area contributed by atoms with Gasteiger partial charge in [-0.05, 0) is 44.8 Å². The van der Waals surface area contributed by atoms with Crippen LogP contribution in [0.25, 0.3) is 0 Å². The second-order valence-corrected chi connectivity index (χ2v) is 8.63. The first kappa shape index (κ1) is 16.1. The van der Waals surface area contributed by atoms with Crippen LogP contribution in [0.5, 0.6) is 0 Å². The highest BCUT2D eigenvalue weighted by atomic mass is 79.9. The Balaban J connectivity index is 2.61. The summed E-state index contributed by atoms with van der Waals surface area (Å²) in [5.74, 6) is -0.425. The number of esters is 1. The third-order valence-corrected chi connectivity index (χ3v) is 6.06. The lowest BCUT2D eigenvalue weighted by Crippen LogP contribution is -2.26. The molecule has 1 aromatic rings. The van der Waals surface area contributed by atoms with Gasteiger partial charge in [-0.2, -0.15) is 0 Å². The molecule has 0 aliphatic rings. The fraction of sp³-hybridized carbons (Fsp3) is 0.444. The first-order valence-corrected chi connectivity index (χ1v) is 8.85. The van der Waals surface area contributed by atoms with Crippen LogP contribution in [0.1, 0.15) is 13.3 Å². The molecule has 1 aromatic heterocycles. The molecule has 5 nitrogen and oxygen atoms in total. The lowest BCUT2D eigenvalue weighted by molar-refractivity contribution is -0.142. The molecule has 0 atom stereocenters. The molecule has 0 fully saturated rings. The zero-order chi connectivity index (χ0) is 13.8. The molecular weight excluding hydrogens is 410 g/mol. The van der Waals surface area contributed by atoms with Gasteiger partial charge in [0, 0.05) is 6.54 Å². The maximum atomic E-state index is 11.9. The van der Waals surface area contributed by atoms with E-state index >= 15 is 0 Å². The third kappa shape index (κ3) is 4.61. The van der Waals surface area contributed by atoms with Gasteiger partial charge in [0.15, 0.2) is 0 Å². The summed E-state index contributed by atoms with van der Waals surface area (Å²) in [7, 11) is -3.60. The number of carbonyl (C=O) groups is 1. The van der Waals surface area contributed by atoms with Crippen LogP contribution in [0.2, 0.25) is 0 Å². The molecule has 102 valence electrons. The molecule has 0 spiro atoms. The van der Waals surface area contributed by atoms with Gasteiger partial charge in [0.2, 0.25) is 10.0 Å². The fourth-order valence-corrected chi connectivity index (χ4v) is 5.95. The van der Waals surface area contributed by atoms with E-state index < -0.39 is 16.0 Å². The largest absolute Gasteiger partial charge is 0.466 e. The van der Waals surface area contributed by atoms with Crippen LogP contribution in [0, 0.1) is 0 Å². The molecule has 1 rings (SSSR count). The summed E-state index contributed by atoms with van der Waals surface area (Å²) in [5, 5.41) is 0. The topological polar surface area (TPSA) is 72.5 Å². The van der Waals surface area contributed by atoms with Crippen molar-refractivity contribution in [1.82, 2.24) is 4.72 Å². The maximum absolute atomic E-state index is 11.9. The second kappa shape index (κ2) is 6.99. The number of nitrogens with one attached hydrogen (secondary N) is 1. The van der Waals surface area contributed by atoms with Crippen LogP contribution in [-0.2, 0) is 19.6 Å². The van der Waals surface area contributed by atoms with E-state index in [4.69, 9.17) is 4.74 Å². The Hall–Kier alpha value is 0.0400. The minimum atomic E-state index is -3.60. The monoisotopic (exact) mass is 419 g/mol. The first-order valence-electron chi connectivity index (χ1n) is 4.97. The Morgan fingerprint density at radius 1 is 1.50 bits per heavy atom. The van der Waals surface area contributed by atoms with Crippen LogP contribution in [0.3, 0.4) is 0 Å². The van der Waals surface area contributed by atoms with Crippen molar-refractivity contribution in [2.45, 2.75) is 18.2 Å². The Kier molecular flexibility index (Phi) is 6.25. The van der Waals surface area contributed by atoms with E-state index in [9.17, 15) is 13.2 Å². The number of hydrogen-bond acceptors (Lipinski definition) is 5. The lowest BCUT2D eigenvalue weighted by atomic mass is 10.4. The SMILES string of the molecule is CCOC(=O)CCNS(=O)(=O)c1cc(Br)sc1Br. The van der Waals surface area contributed by atoms with Gasteiger partial charge in [-0.25, -0.2) is 13.1 Å². The van der Waals surface area contributed by atoms with E-state index in [2.05, 4.69) is 36.6 Å². The fourth-order valence-electron chi connectivity index (χ4n) is 1.11. The van der Waals surface area contributed by atoms with Crippen LogP contribution in [0.4, 0.5) is 0 Å². The molecular formula is C9H11Br2NO4S2.